The van der Waals surface area contributed by atoms with Crippen LogP contribution in [0.2, 0.25) is 0 Å². The van der Waals surface area contributed by atoms with Gasteiger partial charge in [0.05, 0.1) is 12.3 Å². The lowest BCUT2D eigenvalue weighted by atomic mass is 10.2. The number of rotatable bonds is 6. The number of amides is 1. The SMILES string of the molecule is CCOc1ccc(NC(=O)c2ccc(Nc3ccc(F)c(F)c3F)nn2)cc1. The Morgan fingerprint density at radius 1 is 0.964 bits per heavy atom. The van der Waals surface area contributed by atoms with Crippen molar-refractivity contribution in [1.29, 1.82) is 0 Å². The summed E-state index contributed by atoms with van der Waals surface area (Å²) in [6.45, 7) is 2.41. The van der Waals surface area contributed by atoms with E-state index in [1.807, 2.05) is 6.92 Å². The van der Waals surface area contributed by atoms with Crippen molar-refractivity contribution in [3.63, 3.8) is 0 Å². The number of benzene rings is 2. The quantitative estimate of drug-likeness (QED) is 0.616. The Kier molecular flexibility index (Phi) is 5.73. The average Bonchev–Trinajstić information content (AvgIpc) is 2.70. The average molecular weight is 388 g/mol. The van der Waals surface area contributed by atoms with E-state index >= 15 is 0 Å². The molecule has 1 heterocycles. The molecular formula is C19H15F3N4O2. The molecule has 2 aromatic carbocycles. The van der Waals surface area contributed by atoms with Crippen LogP contribution in [-0.2, 0) is 0 Å². The molecule has 2 N–H and O–H groups in total. The van der Waals surface area contributed by atoms with Gasteiger partial charge in [-0.05, 0) is 55.5 Å². The van der Waals surface area contributed by atoms with Crippen molar-refractivity contribution in [3.05, 3.63) is 71.7 Å². The summed E-state index contributed by atoms with van der Waals surface area (Å²) in [6.07, 6.45) is 0. The smallest absolute Gasteiger partial charge is 0.276 e. The van der Waals surface area contributed by atoms with Crippen LogP contribution in [-0.4, -0.2) is 22.7 Å². The fourth-order valence-corrected chi connectivity index (χ4v) is 2.28. The Labute approximate surface area is 158 Å². The highest BCUT2D eigenvalue weighted by Crippen LogP contribution is 2.22. The van der Waals surface area contributed by atoms with E-state index in [0.717, 1.165) is 12.1 Å². The molecule has 0 bridgehead atoms. The summed E-state index contributed by atoms with van der Waals surface area (Å²) in [5.74, 6) is -4.02. The highest BCUT2D eigenvalue weighted by atomic mass is 19.2. The first-order valence-electron chi connectivity index (χ1n) is 8.26. The molecule has 1 aromatic heterocycles. The molecule has 0 saturated carbocycles. The number of hydrogen-bond donors (Lipinski definition) is 2. The van der Waals surface area contributed by atoms with Crippen molar-refractivity contribution in [1.82, 2.24) is 10.2 Å². The lowest BCUT2D eigenvalue weighted by Crippen LogP contribution is -2.14. The number of carbonyl (C=O) groups excluding carboxylic acids is 1. The molecule has 0 unspecified atom stereocenters. The van der Waals surface area contributed by atoms with E-state index < -0.39 is 23.4 Å². The van der Waals surface area contributed by atoms with Crippen molar-refractivity contribution in [2.24, 2.45) is 0 Å². The fourth-order valence-electron chi connectivity index (χ4n) is 2.28. The molecule has 0 atom stereocenters. The van der Waals surface area contributed by atoms with Gasteiger partial charge in [0.1, 0.15) is 5.75 Å². The largest absolute Gasteiger partial charge is 0.494 e. The van der Waals surface area contributed by atoms with Crippen LogP contribution in [0.5, 0.6) is 5.75 Å². The van der Waals surface area contributed by atoms with Gasteiger partial charge in [-0.1, -0.05) is 0 Å². The van der Waals surface area contributed by atoms with Gasteiger partial charge in [-0.3, -0.25) is 4.79 Å². The zero-order chi connectivity index (χ0) is 20.1. The van der Waals surface area contributed by atoms with Gasteiger partial charge < -0.3 is 15.4 Å². The molecule has 28 heavy (non-hydrogen) atoms. The number of aromatic nitrogens is 2. The van der Waals surface area contributed by atoms with Gasteiger partial charge in [0.15, 0.2) is 29.0 Å². The Morgan fingerprint density at radius 3 is 2.36 bits per heavy atom. The van der Waals surface area contributed by atoms with Gasteiger partial charge in [0, 0.05) is 5.69 Å². The minimum Gasteiger partial charge on any atom is -0.494 e. The van der Waals surface area contributed by atoms with Crippen LogP contribution < -0.4 is 15.4 Å². The number of anilines is 3. The van der Waals surface area contributed by atoms with Crippen LogP contribution >= 0.6 is 0 Å². The third-order valence-electron chi connectivity index (χ3n) is 3.62. The molecule has 0 aliphatic rings. The number of nitrogens with zero attached hydrogens (tertiary/aromatic N) is 2. The second-order valence-electron chi connectivity index (χ2n) is 5.56. The summed E-state index contributed by atoms with van der Waals surface area (Å²) in [5.41, 5.74) is 0.256. The first kappa shape index (κ1) is 19.2. The molecule has 3 rings (SSSR count). The number of hydrogen-bond acceptors (Lipinski definition) is 5. The first-order valence-corrected chi connectivity index (χ1v) is 8.26. The van der Waals surface area contributed by atoms with E-state index in [0.29, 0.717) is 18.0 Å². The van der Waals surface area contributed by atoms with Crippen molar-refractivity contribution in [2.45, 2.75) is 6.92 Å². The van der Waals surface area contributed by atoms with E-state index in [1.54, 1.807) is 24.3 Å². The van der Waals surface area contributed by atoms with Crippen LogP contribution in [0.15, 0.2) is 48.5 Å². The van der Waals surface area contributed by atoms with E-state index in [1.165, 1.54) is 12.1 Å². The summed E-state index contributed by atoms with van der Waals surface area (Å²) in [6, 6.07) is 11.3. The first-order chi connectivity index (χ1) is 13.5. The minimum absolute atomic E-state index is 0.0187. The summed E-state index contributed by atoms with van der Waals surface area (Å²) in [4.78, 5) is 12.2. The predicted molar refractivity (Wildman–Crippen MR) is 97.2 cm³/mol. The highest BCUT2D eigenvalue weighted by Gasteiger charge is 2.14. The molecule has 9 heteroatoms. The van der Waals surface area contributed by atoms with Crippen LogP contribution in [0.1, 0.15) is 17.4 Å². The number of ether oxygens (including phenoxy) is 1. The monoisotopic (exact) mass is 388 g/mol. The van der Waals surface area contributed by atoms with Gasteiger partial charge in [-0.15, -0.1) is 10.2 Å². The van der Waals surface area contributed by atoms with Gasteiger partial charge in [0.2, 0.25) is 0 Å². The molecule has 1 amide bonds. The van der Waals surface area contributed by atoms with Gasteiger partial charge in [-0.2, -0.15) is 0 Å². The summed E-state index contributed by atoms with van der Waals surface area (Å²) < 4.78 is 45.2. The van der Waals surface area contributed by atoms with Crippen LogP contribution in [0.3, 0.4) is 0 Å². The minimum atomic E-state index is -1.59. The molecule has 0 fully saturated rings. The van der Waals surface area contributed by atoms with Crippen molar-refractivity contribution in [2.75, 3.05) is 17.2 Å². The Balaban J connectivity index is 1.66. The van der Waals surface area contributed by atoms with Crippen LogP contribution in [0, 0.1) is 17.5 Å². The molecule has 0 saturated heterocycles. The maximum atomic E-state index is 13.7. The Morgan fingerprint density at radius 2 is 1.71 bits per heavy atom. The Hall–Kier alpha value is -3.62. The topological polar surface area (TPSA) is 76.1 Å². The van der Waals surface area contributed by atoms with E-state index in [4.69, 9.17) is 4.74 Å². The maximum absolute atomic E-state index is 13.7. The molecule has 0 aliphatic carbocycles. The van der Waals surface area contributed by atoms with Crippen LogP contribution in [0.25, 0.3) is 0 Å². The van der Waals surface area contributed by atoms with Gasteiger partial charge in [0.25, 0.3) is 5.91 Å². The normalized spacial score (nSPS) is 10.4. The molecule has 0 spiro atoms. The summed E-state index contributed by atoms with van der Waals surface area (Å²) in [5, 5.41) is 12.6. The molecule has 3 aromatic rings. The second-order valence-corrected chi connectivity index (χ2v) is 5.56. The maximum Gasteiger partial charge on any atom is 0.276 e. The molecule has 6 nitrogen and oxygen atoms in total. The molecule has 0 radical (unpaired) electrons. The highest BCUT2D eigenvalue weighted by molar-refractivity contribution is 6.02. The van der Waals surface area contributed by atoms with Crippen LogP contribution in [0.4, 0.5) is 30.4 Å². The standard InChI is InChI=1S/C19H15F3N4O2/c1-2-28-12-5-3-11(4-6-12)23-19(27)15-9-10-16(26-25-15)24-14-8-7-13(20)17(21)18(14)22/h3-10H,2H2,1H3,(H,23,27)(H,24,26). The van der Waals surface area contributed by atoms with Crippen molar-refractivity contribution >= 4 is 23.1 Å². The summed E-state index contributed by atoms with van der Waals surface area (Å²) >= 11 is 0. The third kappa shape index (κ3) is 4.37. The van der Waals surface area contributed by atoms with Crippen molar-refractivity contribution in [3.8, 4) is 5.75 Å². The van der Waals surface area contributed by atoms with E-state index in [2.05, 4.69) is 20.8 Å². The van der Waals surface area contributed by atoms with E-state index in [-0.39, 0.29) is 17.2 Å². The third-order valence-corrected chi connectivity index (χ3v) is 3.62. The molecular weight excluding hydrogens is 373 g/mol. The lowest BCUT2D eigenvalue weighted by Gasteiger charge is -2.08. The molecule has 0 aliphatic heterocycles. The second kappa shape index (κ2) is 8.38. The van der Waals surface area contributed by atoms with E-state index in [9.17, 15) is 18.0 Å². The Bertz CT molecular complexity index is 980. The summed E-state index contributed by atoms with van der Waals surface area (Å²) in [7, 11) is 0. The number of nitrogens with one attached hydrogen (secondary N) is 2. The van der Waals surface area contributed by atoms with Gasteiger partial charge in [-0.25, -0.2) is 13.2 Å². The number of carbonyl (C=O) groups is 1. The lowest BCUT2D eigenvalue weighted by molar-refractivity contribution is 0.102. The fraction of sp³-hybridized carbons (Fsp3) is 0.105. The van der Waals surface area contributed by atoms with Gasteiger partial charge >= 0.3 is 0 Å². The molecule has 144 valence electrons. The zero-order valence-corrected chi connectivity index (χ0v) is 14.7. The predicted octanol–water partition coefficient (Wildman–Crippen LogP) is 4.29. The van der Waals surface area contributed by atoms with Crippen molar-refractivity contribution < 1.29 is 22.7 Å². The number of halogens is 3. The zero-order valence-electron chi connectivity index (χ0n) is 14.7.